The van der Waals surface area contributed by atoms with E-state index >= 15 is 0 Å². The number of rotatable bonds is 8. The number of nitrogens with zero attached hydrogens (tertiary/aromatic N) is 6. The van der Waals surface area contributed by atoms with E-state index in [9.17, 15) is 0 Å². The maximum Gasteiger partial charge on any atom is 0.192 e. The highest BCUT2D eigenvalue weighted by atomic mass is 79.9. The molecule has 206 valence electrons. The third-order valence-electron chi connectivity index (χ3n) is 7.08. The van der Waals surface area contributed by atoms with Gasteiger partial charge in [-0.1, -0.05) is 93.9 Å². The van der Waals surface area contributed by atoms with Crippen LogP contribution in [-0.4, -0.2) is 29.9 Å². The zero-order valence-corrected chi connectivity index (χ0v) is 24.3. The molecule has 8 nitrogen and oxygen atoms in total. The molecule has 3 aromatic carbocycles. The highest BCUT2D eigenvalue weighted by Crippen LogP contribution is 2.42. The molecule has 0 unspecified atom stereocenters. The van der Waals surface area contributed by atoms with Crippen molar-refractivity contribution in [3.8, 4) is 22.4 Å². The monoisotopic (exact) mass is 616 g/mol. The van der Waals surface area contributed by atoms with Gasteiger partial charge >= 0.3 is 0 Å². The Kier molecular flexibility index (Phi) is 6.85. The van der Waals surface area contributed by atoms with Gasteiger partial charge in [0, 0.05) is 10.0 Å². The van der Waals surface area contributed by atoms with Gasteiger partial charge in [0.2, 0.25) is 0 Å². The fraction of sp³-hybridized carbons (Fsp3) is 0.0909. The van der Waals surface area contributed by atoms with Crippen LogP contribution in [0.2, 0.25) is 0 Å². The van der Waals surface area contributed by atoms with Crippen molar-refractivity contribution in [2.24, 2.45) is 5.16 Å². The van der Waals surface area contributed by atoms with Crippen molar-refractivity contribution in [3.63, 3.8) is 0 Å². The van der Waals surface area contributed by atoms with Crippen molar-refractivity contribution >= 4 is 38.3 Å². The molecule has 4 aromatic heterocycles. The van der Waals surface area contributed by atoms with E-state index in [1.807, 2.05) is 79.7 Å². The minimum atomic E-state index is 0.121. The average molecular weight is 618 g/mol. The van der Waals surface area contributed by atoms with Crippen LogP contribution in [0.15, 0.2) is 124 Å². The quantitative estimate of drug-likeness (QED) is 0.129. The third-order valence-corrected chi connectivity index (χ3v) is 7.61. The molecule has 7 aromatic rings. The Balaban J connectivity index is 1.37. The molecule has 0 fully saturated rings. The lowest BCUT2D eigenvalue weighted by atomic mass is 9.99. The third kappa shape index (κ3) is 4.88. The zero-order valence-electron chi connectivity index (χ0n) is 22.7. The first-order chi connectivity index (χ1) is 20.7. The van der Waals surface area contributed by atoms with E-state index < -0.39 is 0 Å². The molecule has 9 heteroatoms. The lowest BCUT2D eigenvalue weighted by Crippen LogP contribution is -2.03. The molecule has 0 atom stereocenters. The van der Waals surface area contributed by atoms with E-state index in [0.717, 1.165) is 54.9 Å². The molecule has 0 amide bonds. The van der Waals surface area contributed by atoms with E-state index in [1.165, 1.54) is 0 Å². The van der Waals surface area contributed by atoms with Gasteiger partial charge in [0.15, 0.2) is 18.1 Å². The maximum atomic E-state index is 5.77. The van der Waals surface area contributed by atoms with Crippen LogP contribution in [0.25, 0.3) is 39.1 Å². The van der Waals surface area contributed by atoms with Gasteiger partial charge in [0.05, 0.1) is 29.6 Å². The first-order valence-electron chi connectivity index (χ1n) is 13.5. The Labute approximate surface area is 250 Å². The molecule has 42 heavy (non-hydrogen) atoms. The normalized spacial score (nSPS) is 11.9. The summed E-state index contributed by atoms with van der Waals surface area (Å²) < 4.78 is 10.7. The summed E-state index contributed by atoms with van der Waals surface area (Å²) in [5.74, 6) is 1.34. The molecular formula is C33H25BrN6O2. The van der Waals surface area contributed by atoms with E-state index in [2.05, 4.69) is 55.0 Å². The van der Waals surface area contributed by atoms with Gasteiger partial charge in [-0.05, 0) is 47.9 Å². The Morgan fingerprint density at radius 2 is 1.62 bits per heavy atom. The Hall–Kier alpha value is -5.02. The van der Waals surface area contributed by atoms with Crippen molar-refractivity contribution in [3.05, 3.63) is 131 Å². The number of benzene rings is 3. The topological polar surface area (TPSA) is 82.7 Å². The lowest BCUT2D eigenvalue weighted by molar-refractivity contribution is 0.125. The van der Waals surface area contributed by atoms with Crippen molar-refractivity contribution in [1.29, 1.82) is 0 Å². The molecule has 0 radical (unpaired) electrons. The molecule has 0 saturated heterocycles. The summed E-state index contributed by atoms with van der Waals surface area (Å²) in [6.07, 6.45) is 3.39. The standard InChI is InChI=1S/C33H25BrN6O2/c1-22(23-14-16-26(34)17-15-23)38-42-20-28-36-33-30-29(24-9-4-2-5-10-24)31(25-11-6-3-7-12-25)39(19-27-13-8-18-41-27)32(30)35-21-40(33)37-28/h2-18,21H,19-20H2,1H3/b38-22+. The summed E-state index contributed by atoms with van der Waals surface area (Å²) in [6.45, 7) is 2.54. The molecule has 0 aliphatic heterocycles. The van der Waals surface area contributed by atoms with Crippen LogP contribution in [0.1, 0.15) is 24.1 Å². The molecule has 0 saturated carbocycles. The van der Waals surface area contributed by atoms with Crippen molar-refractivity contribution in [1.82, 2.24) is 24.1 Å². The van der Waals surface area contributed by atoms with Crippen LogP contribution in [0, 0.1) is 0 Å². The number of oxime groups is 1. The fourth-order valence-corrected chi connectivity index (χ4v) is 5.43. The van der Waals surface area contributed by atoms with Crippen LogP contribution in [-0.2, 0) is 18.0 Å². The average Bonchev–Trinajstić information content (AvgIpc) is 3.76. The van der Waals surface area contributed by atoms with Crippen molar-refractivity contribution in [2.45, 2.75) is 20.1 Å². The first-order valence-corrected chi connectivity index (χ1v) is 14.3. The van der Waals surface area contributed by atoms with E-state index in [4.69, 9.17) is 19.2 Å². The van der Waals surface area contributed by atoms with Crippen LogP contribution in [0.5, 0.6) is 0 Å². The predicted octanol–water partition coefficient (Wildman–Crippen LogP) is 7.76. The largest absolute Gasteiger partial charge is 0.467 e. The highest BCUT2D eigenvalue weighted by Gasteiger charge is 2.25. The Morgan fingerprint density at radius 3 is 2.33 bits per heavy atom. The van der Waals surface area contributed by atoms with Gasteiger partial charge < -0.3 is 13.8 Å². The number of hydrogen-bond acceptors (Lipinski definition) is 6. The van der Waals surface area contributed by atoms with Crippen LogP contribution in [0.4, 0.5) is 0 Å². The fourth-order valence-electron chi connectivity index (χ4n) is 5.17. The number of halogens is 1. The second-order valence-electron chi connectivity index (χ2n) is 9.82. The smallest absolute Gasteiger partial charge is 0.192 e. The molecule has 0 aliphatic carbocycles. The second kappa shape index (κ2) is 11.1. The van der Waals surface area contributed by atoms with Crippen LogP contribution < -0.4 is 0 Å². The first kappa shape index (κ1) is 25.9. The molecular weight excluding hydrogens is 592 g/mol. The minimum Gasteiger partial charge on any atom is -0.467 e. The summed E-state index contributed by atoms with van der Waals surface area (Å²) >= 11 is 3.46. The number of furan rings is 1. The molecule has 0 spiro atoms. The predicted molar refractivity (Wildman–Crippen MR) is 166 cm³/mol. The number of fused-ring (bicyclic) bond motifs is 3. The van der Waals surface area contributed by atoms with Gasteiger partial charge in [-0.3, -0.25) is 0 Å². The van der Waals surface area contributed by atoms with Crippen molar-refractivity contribution in [2.75, 3.05) is 0 Å². The van der Waals surface area contributed by atoms with Gasteiger partial charge in [0.25, 0.3) is 0 Å². The van der Waals surface area contributed by atoms with Crippen LogP contribution >= 0.6 is 15.9 Å². The summed E-state index contributed by atoms with van der Waals surface area (Å²) in [7, 11) is 0. The van der Waals surface area contributed by atoms with Gasteiger partial charge in [-0.2, -0.15) is 0 Å². The second-order valence-corrected chi connectivity index (χ2v) is 10.7. The van der Waals surface area contributed by atoms with Crippen LogP contribution in [0.3, 0.4) is 0 Å². The molecule has 0 aliphatic rings. The highest BCUT2D eigenvalue weighted by molar-refractivity contribution is 9.10. The summed E-state index contributed by atoms with van der Waals surface area (Å²) in [4.78, 5) is 15.5. The summed E-state index contributed by atoms with van der Waals surface area (Å²) in [6, 6.07) is 32.5. The lowest BCUT2D eigenvalue weighted by Gasteiger charge is -2.11. The van der Waals surface area contributed by atoms with Crippen molar-refractivity contribution < 1.29 is 9.25 Å². The molecule has 4 heterocycles. The van der Waals surface area contributed by atoms with E-state index in [0.29, 0.717) is 18.0 Å². The SMILES string of the molecule is C/C(=N\OCc1nc2c3c(-c4ccccc4)c(-c4ccccc4)n(Cc4ccco4)c3ncn2n1)c1ccc(Br)cc1. The van der Waals surface area contributed by atoms with E-state index in [-0.39, 0.29) is 6.61 Å². The summed E-state index contributed by atoms with van der Waals surface area (Å²) in [5.41, 5.74) is 7.43. The molecule has 7 rings (SSSR count). The Bertz CT molecular complexity index is 2010. The van der Waals surface area contributed by atoms with E-state index in [1.54, 1.807) is 17.1 Å². The van der Waals surface area contributed by atoms with Gasteiger partial charge in [-0.25, -0.2) is 14.5 Å². The minimum absolute atomic E-state index is 0.121. The van der Waals surface area contributed by atoms with Gasteiger partial charge in [0.1, 0.15) is 17.7 Å². The molecule has 0 N–H and O–H groups in total. The number of aromatic nitrogens is 5. The number of hydrogen-bond donors (Lipinski definition) is 0. The maximum absolute atomic E-state index is 5.77. The summed E-state index contributed by atoms with van der Waals surface area (Å²) in [5, 5.41) is 9.88. The Morgan fingerprint density at radius 1 is 0.881 bits per heavy atom. The zero-order chi connectivity index (χ0) is 28.5. The molecule has 0 bridgehead atoms. The van der Waals surface area contributed by atoms with Gasteiger partial charge in [-0.15, -0.1) is 5.10 Å².